The normalized spacial score (nSPS) is 12.7. The van der Waals surface area contributed by atoms with Gasteiger partial charge in [-0.25, -0.2) is 0 Å². The number of aliphatic hydroxyl groups is 2. The number of carbonyl (C=O) groups is 2. The molecule has 1 amide bonds. The van der Waals surface area contributed by atoms with E-state index in [1.165, 1.54) is 276 Å². The molecule has 0 aliphatic rings. The molecule has 0 rings (SSSR count). The molecule has 0 aliphatic heterocycles. The highest BCUT2D eigenvalue weighted by atomic mass is 16.5. The number of carbonyl (C=O) groups excluding carboxylic acids is 2. The summed E-state index contributed by atoms with van der Waals surface area (Å²) in [6, 6.07) is -0.537. The smallest absolute Gasteiger partial charge is 0.305 e. The monoisotopic (exact) mass is 1010 g/mol. The Morgan fingerprint density at radius 3 is 1.11 bits per heavy atom. The van der Waals surface area contributed by atoms with E-state index in [9.17, 15) is 19.8 Å². The summed E-state index contributed by atoms with van der Waals surface area (Å²) >= 11 is 0. The molecule has 3 N–H and O–H groups in total. The zero-order chi connectivity index (χ0) is 52.2. The average molecular weight is 1010 g/mol. The van der Waals surface area contributed by atoms with Gasteiger partial charge >= 0.3 is 5.97 Å². The highest BCUT2D eigenvalue weighted by molar-refractivity contribution is 5.76. The lowest BCUT2D eigenvalue weighted by Crippen LogP contribution is -2.45. The number of rotatable bonds is 61. The summed E-state index contributed by atoms with van der Waals surface area (Å²) in [7, 11) is 0. The number of esters is 1. The Morgan fingerprint density at radius 1 is 0.389 bits per heavy atom. The van der Waals surface area contributed by atoms with Crippen LogP contribution in [0, 0.1) is 0 Å². The van der Waals surface area contributed by atoms with E-state index in [-0.39, 0.29) is 18.5 Å². The molecule has 0 saturated heterocycles. The summed E-state index contributed by atoms with van der Waals surface area (Å²) in [5.74, 6) is -0.0251. The number of hydrogen-bond donors (Lipinski definition) is 3. The first-order chi connectivity index (χ1) is 35.5. The Morgan fingerprint density at radius 2 is 0.722 bits per heavy atom. The van der Waals surface area contributed by atoms with Crippen LogP contribution >= 0.6 is 0 Å². The summed E-state index contributed by atoms with van der Waals surface area (Å²) in [5.41, 5.74) is 0. The van der Waals surface area contributed by atoms with E-state index in [0.29, 0.717) is 25.9 Å². The molecule has 0 aromatic heterocycles. The lowest BCUT2D eigenvalue weighted by molar-refractivity contribution is -0.143. The molecule has 2 unspecified atom stereocenters. The van der Waals surface area contributed by atoms with Crippen molar-refractivity contribution in [1.82, 2.24) is 5.32 Å². The van der Waals surface area contributed by atoms with Gasteiger partial charge in [-0.2, -0.15) is 0 Å². The molecule has 0 aliphatic carbocycles. The lowest BCUT2D eigenvalue weighted by atomic mass is 10.0. The molecule has 0 aromatic rings. The second kappa shape index (κ2) is 61.9. The van der Waals surface area contributed by atoms with Crippen molar-refractivity contribution in [2.75, 3.05) is 13.2 Å². The fourth-order valence-electron chi connectivity index (χ4n) is 10.3. The topological polar surface area (TPSA) is 95.9 Å². The quantitative estimate of drug-likeness (QED) is 0.0320. The molecule has 6 heteroatoms. The zero-order valence-corrected chi connectivity index (χ0v) is 48.7. The maximum atomic E-state index is 12.5. The first-order valence-corrected chi connectivity index (χ1v) is 32.6. The number of unbranched alkanes of at least 4 members (excludes halogenated alkanes) is 46. The van der Waals surface area contributed by atoms with Crippen LogP contribution in [0.25, 0.3) is 0 Å². The molecule has 426 valence electrons. The van der Waals surface area contributed by atoms with Crippen LogP contribution in [0.5, 0.6) is 0 Å². The third-order valence-corrected chi connectivity index (χ3v) is 15.2. The summed E-state index contributed by atoms with van der Waals surface area (Å²) in [6.07, 6.45) is 76.5. The van der Waals surface area contributed by atoms with Crippen molar-refractivity contribution in [1.29, 1.82) is 0 Å². The Hall–Kier alpha value is -1.66. The first-order valence-electron chi connectivity index (χ1n) is 32.6. The summed E-state index contributed by atoms with van der Waals surface area (Å²) < 4.78 is 5.47. The summed E-state index contributed by atoms with van der Waals surface area (Å²) in [6.45, 7) is 4.90. The minimum atomic E-state index is -0.660. The Balaban J connectivity index is 3.31. The van der Waals surface area contributed by atoms with E-state index >= 15 is 0 Å². The van der Waals surface area contributed by atoms with E-state index in [4.69, 9.17) is 4.74 Å². The molecule has 72 heavy (non-hydrogen) atoms. The second-order valence-electron chi connectivity index (χ2n) is 22.5. The van der Waals surface area contributed by atoms with Crippen LogP contribution < -0.4 is 5.32 Å². The van der Waals surface area contributed by atoms with Gasteiger partial charge in [0.15, 0.2) is 0 Å². The van der Waals surface area contributed by atoms with E-state index in [1.54, 1.807) is 0 Å². The predicted molar refractivity (Wildman–Crippen MR) is 315 cm³/mol. The van der Waals surface area contributed by atoms with E-state index < -0.39 is 12.1 Å². The molecule has 0 spiro atoms. The fourth-order valence-corrected chi connectivity index (χ4v) is 10.3. The molecule has 0 aromatic carbocycles. The van der Waals surface area contributed by atoms with Crippen molar-refractivity contribution in [3.8, 4) is 0 Å². The van der Waals surface area contributed by atoms with Crippen LogP contribution in [-0.4, -0.2) is 47.4 Å². The van der Waals surface area contributed by atoms with Crippen molar-refractivity contribution in [3.63, 3.8) is 0 Å². The average Bonchev–Trinajstić information content (AvgIpc) is 3.38. The molecule has 6 nitrogen and oxygen atoms in total. The summed E-state index contributed by atoms with van der Waals surface area (Å²) in [5, 5.41) is 23.2. The van der Waals surface area contributed by atoms with Crippen LogP contribution in [0.15, 0.2) is 24.3 Å². The van der Waals surface area contributed by atoms with Gasteiger partial charge in [-0.1, -0.05) is 321 Å². The maximum absolute atomic E-state index is 12.5. The third kappa shape index (κ3) is 57.6. The molecular formula is C66H127NO5. The van der Waals surface area contributed by atoms with Crippen molar-refractivity contribution >= 4 is 11.9 Å². The SMILES string of the molecule is CCC/C=C\C/C=C\CCCCCCCC(=O)OCCCCCCCCCCCCCCCCCCCCCCCCCCCCCCCCC(=O)NC(CO)C(O)CCCCCCCCCCCCCC. The largest absolute Gasteiger partial charge is 0.466 e. The number of aliphatic hydroxyl groups excluding tert-OH is 2. The van der Waals surface area contributed by atoms with Crippen LogP contribution in [0.3, 0.4) is 0 Å². The van der Waals surface area contributed by atoms with Crippen LogP contribution in [0.4, 0.5) is 0 Å². The standard InChI is InChI=1S/C66H127NO5/c1-3-5-7-9-11-13-15-35-40-44-48-52-56-60-66(71)72-61-57-53-49-45-41-37-34-32-30-28-26-24-22-20-18-17-19-21-23-25-27-29-31-33-36-39-43-47-51-55-59-65(70)67-63(62-68)64(69)58-54-50-46-42-38-16-14-12-10-8-6-4-2/h7,9,13,15,63-64,68-69H,3-6,8,10-12,14,16-62H2,1-2H3,(H,67,70)/b9-7-,15-13-. The van der Waals surface area contributed by atoms with E-state index in [1.807, 2.05) is 0 Å². The van der Waals surface area contributed by atoms with Crippen molar-refractivity contribution < 1.29 is 24.5 Å². The number of hydrogen-bond acceptors (Lipinski definition) is 5. The number of allylic oxidation sites excluding steroid dienone is 4. The van der Waals surface area contributed by atoms with Crippen molar-refractivity contribution in [2.24, 2.45) is 0 Å². The lowest BCUT2D eigenvalue weighted by Gasteiger charge is -2.22. The van der Waals surface area contributed by atoms with Gasteiger partial charge in [0, 0.05) is 12.8 Å². The minimum Gasteiger partial charge on any atom is -0.466 e. The van der Waals surface area contributed by atoms with Gasteiger partial charge in [0.05, 0.1) is 25.4 Å². The molecule has 2 atom stereocenters. The fraction of sp³-hybridized carbons (Fsp3) is 0.909. The predicted octanol–water partition coefficient (Wildman–Crippen LogP) is 20.6. The van der Waals surface area contributed by atoms with Crippen LogP contribution in [-0.2, 0) is 14.3 Å². The van der Waals surface area contributed by atoms with Crippen molar-refractivity contribution in [3.05, 3.63) is 24.3 Å². The third-order valence-electron chi connectivity index (χ3n) is 15.2. The molecule has 0 saturated carbocycles. The van der Waals surface area contributed by atoms with Crippen molar-refractivity contribution in [2.45, 2.75) is 373 Å². The van der Waals surface area contributed by atoms with Gasteiger partial charge < -0.3 is 20.3 Å². The second-order valence-corrected chi connectivity index (χ2v) is 22.5. The maximum Gasteiger partial charge on any atom is 0.305 e. The highest BCUT2D eigenvalue weighted by Crippen LogP contribution is 2.19. The van der Waals surface area contributed by atoms with Gasteiger partial charge in [0.2, 0.25) is 5.91 Å². The van der Waals surface area contributed by atoms with Gasteiger partial charge in [-0.15, -0.1) is 0 Å². The van der Waals surface area contributed by atoms with E-state index in [2.05, 4.69) is 43.5 Å². The number of amides is 1. The van der Waals surface area contributed by atoms with Gasteiger partial charge in [0.25, 0.3) is 0 Å². The summed E-state index contributed by atoms with van der Waals surface area (Å²) in [4.78, 5) is 24.5. The molecule has 0 bridgehead atoms. The molecular weight excluding hydrogens is 887 g/mol. The Kier molecular flexibility index (Phi) is 60.5. The Bertz CT molecular complexity index is 1120. The van der Waals surface area contributed by atoms with Gasteiger partial charge in [-0.3, -0.25) is 9.59 Å². The van der Waals surface area contributed by atoms with Gasteiger partial charge in [-0.05, 0) is 51.4 Å². The van der Waals surface area contributed by atoms with E-state index in [0.717, 1.165) is 51.4 Å². The molecule has 0 fully saturated rings. The number of ether oxygens (including phenoxy) is 1. The molecule has 0 radical (unpaired) electrons. The zero-order valence-electron chi connectivity index (χ0n) is 48.7. The molecule has 0 heterocycles. The van der Waals surface area contributed by atoms with Crippen LogP contribution in [0.1, 0.15) is 361 Å². The first kappa shape index (κ1) is 70.3. The highest BCUT2D eigenvalue weighted by Gasteiger charge is 2.20. The van der Waals surface area contributed by atoms with Gasteiger partial charge in [0.1, 0.15) is 0 Å². The Labute approximate surface area is 450 Å². The minimum absolute atomic E-state index is 0.00493. The van der Waals surface area contributed by atoms with Crippen LogP contribution in [0.2, 0.25) is 0 Å². The number of nitrogens with one attached hydrogen (secondary N) is 1.